The lowest BCUT2D eigenvalue weighted by atomic mass is 9.89. The number of halogens is 1. The van der Waals surface area contributed by atoms with E-state index < -0.39 is 0 Å². The molecule has 0 bridgehead atoms. The van der Waals surface area contributed by atoms with Crippen LogP contribution < -0.4 is 6.15 Å². The third-order valence-electron chi connectivity index (χ3n) is 3.56. The highest BCUT2D eigenvalue weighted by atomic mass is 79.9. The van der Waals surface area contributed by atoms with E-state index in [0.29, 0.717) is 5.41 Å². The van der Waals surface area contributed by atoms with E-state index in [1.54, 1.807) is 0 Å². The minimum Gasteiger partial charge on any atom is -0.344 e. The van der Waals surface area contributed by atoms with Gasteiger partial charge in [-0.2, -0.15) is 0 Å². The highest BCUT2D eigenvalue weighted by molar-refractivity contribution is 9.09. The van der Waals surface area contributed by atoms with E-state index >= 15 is 0 Å². The Kier molecular flexibility index (Phi) is 17.0. The van der Waals surface area contributed by atoms with Gasteiger partial charge < -0.3 is 6.15 Å². The maximum absolute atomic E-state index is 3.49. The quantitative estimate of drug-likeness (QED) is 0.295. The molecule has 0 aromatic rings. The number of unbranched alkanes of at least 4 members (excludes halogenated alkanes) is 10. The van der Waals surface area contributed by atoms with E-state index in [1.807, 2.05) is 0 Å². The molecular formula is C17H38BrN. The minimum absolute atomic E-state index is 0. The van der Waals surface area contributed by atoms with Crippen molar-refractivity contribution in [1.82, 2.24) is 6.15 Å². The summed E-state index contributed by atoms with van der Waals surface area (Å²) in [5.41, 5.74) is 0.537. The molecule has 0 rings (SSSR count). The molecule has 0 atom stereocenters. The molecule has 2 heteroatoms. The Morgan fingerprint density at radius 2 is 0.895 bits per heavy atom. The molecule has 0 amide bonds. The Bertz CT molecular complexity index is 163. The maximum Gasteiger partial charge on any atom is 0.00313 e. The predicted octanol–water partition coefficient (Wildman–Crippen LogP) is 7.27. The third-order valence-corrected chi connectivity index (χ3v) is 4.12. The largest absolute Gasteiger partial charge is 0.344 e. The Morgan fingerprint density at radius 1 is 0.579 bits per heavy atom. The zero-order valence-corrected chi connectivity index (χ0v) is 15.4. The van der Waals surface area contributed by atoms with Crippen LogP contribution in [0.2, 0.25) is 0 Å². The molecular weight excluding hydrogens is 298 g/mol. The average molecular weight is 336 g/mol. The van der Waals surface area contributed by atoms with Gasteiger partial charge in [0.05, 0.1) is 0 Å². The fourth-order valence-corrected chi connectivity index (χ4v) is 2.74. The summed E-state index contributed by atoms with van der Waals surface area (Å²) in [6.45, 7) is 7.05. The first-order valence-electron chi connectivity index (χ1n) is 8.12. The molecule has 0 fully saturated rings. The standard InChI is InChI=1S/C17H35Br.H3N/c1-17(2,3)15-13-11-9-7-5-4-6-8-10-12-14-16-18;/h4-16H2,1-3H3;1H3. The predicted molar refractivity (Wildman–Crippen MR) is 93.7 cm³/mol. The van der Waals surface area contributed by atoms with Gasteiger partial charge in [0.15, 0.2) is 0 Å². The highest BCUT2D eigenvalue weighted by Crippen LogP contribution is 2.22. The van der Waals surface area contributed by atoms with E-state index in [4.69, 9.17) is 0 Å². The van der Waals surface area contributed by atoms with Crippen LogP contribution in [0.1, 0.15) is 97.8 Å². The summed E-state index contributed by atoms with van der Waals surface area (Å²) in [6, 6.07) is 0. The summed E-state index contributed by atoms with van der Waals surface area (Å²) < 4.78 is 0. The van der Waals surface area contributed by atoms with Crippen LogP contribution in [0.5, 0.6) is 0 Å². The first-order valence-corrected chi connectivity index (χ1v) is 9.24. The van der Waals surface area contributed by atoms with E-state index in [0.717, 1.165) is 0 Å². The van der Waals surface area contributed by atoms with Crippen molar-refractivity contribution < 1.29 is 0 Å². The molecule has 0 spiro atoms. The Hall–Kier alpha value is 0.440. The van der Waals surface area contributed by atoms with Crippen LogP contribution >= 0.6 is 15.9 Å². The summed E-state index contributed by atoms with van der Waals surface area (Å²) in [6.07, 6.45) is 17.2. The number of rotatable bonds is 12. The van der Waals surface area contributed by atoms with Gasteiger partial charge in [0.25, 0.3) is 0 Å². The molecule has 0 heterocycles. The van der Waals surface area contributed by atoms with Crippen molar-refractivity contribution in [2.75, 3.05) is 5.33 Å². The second-order valence-electron chi connectivity index (χ2n) is 6.89. The first-order chi connectivity index (χ1) is 8.56. The lowest BCUT2D eigenvalue weighted by molar-refractivity contribution is 0.356. The summed E-state index contributed by atoms with van der Waals surface area (Å²) in [4.78, 5) is 0. The zero-order chi connectivity index (χ0) is 13.7. The summed E-state index contributed by atoms with van der Waals surface area (Å²) in [5.74, 6) is 0. The zero-order valence-electron chi connectivity index (χ0n) is 13.8. The van der Waals surface area contributed by atoms with Crippen LogP contribution in [0.3, 0.4) is 0 Å². The fraction of sp³-hybridized carbons (Fsp3) is 1.00. The van der Waals surface area contributed by atoms with Gasteiger partial charge >= 0.3 is 0 Å². The van der Waals surface area contributed by atoms with E-state index in [-0.39, 0.29) is 6.15 Å². The van der Waals surface area contributed by atoms with Crippen molar-refractivity contribution in [2.24, 2.45) is 5.41 Å². The van der Waals surface area contributed by atoms with E-state index in [2.05, 4.69) is 36.7 Å². The van der Waals surface area contributed by atoms with Crippen LogP contribution in [-0.4, -0.2) is 5.33 Å². The number of hydrogen-bond donors (Lipinski definition) is 1. The molecule has 19 heavy (non-hydrogen) atoms. The molecule has 0 aliphatic carbocycles. The fourth-order valence-electron chi connectivity index (χ4n) is 2.34. The van der Waals surface area contributed by atoms with Crippen molar-refractivity contribution >= 4 is 15.9 Å². The van der Waals surface area contributed by atoms with Gasteiger partial charge in [-0.3, -0.25) is 0 Å². The van der Waals surface area contributed by atoms with Crippen molar-refractivity contribution in [3.63, 3.8) is 0 Å². The summed E-state index contributed by atoms with van der Waals surface area (Å²) >= 11 is 3.49. The van der Waals surface area contributed by atoms with Gasteiger partial charge in [-0.25, -0.2) is 0 Å². The maximum atomic E-state index is 3.49. The smallest absolute Gasteiger partial charge is 0.00313 e. The van der Waals surface area contributed by atoms with E-state index in [9.17, 15) is 0 Å². The minimum atomic E-state index is 0. The second kappa shape index (κ2) is 14.8. The first kappa shape index (κ1) is 21.7. The van der Waals surface area contributed by atoms with Crippen LogP contribution in [0.4, 0.5) is 0 Å². The lowest BCUT2D eigenvalue weighted by Crippen LogP contribution is -2.03. The topological polar surface area (TPSA) is 35.0 Å². The second-order valence-corrected chi connectivity index (χ2v) is 7.68. The molecule has 118 valence electrons. The van der Waals surface area contributed by atoms with Crippen molar-refractivity contribution in [1.29, 1.82) is 0 Å². The summed E-state index contributed by atoms with van der Waals surface area (Å²) in [7, 11) is 0. The Labute approximate surface area is 131 Å². The number of alkyl halides is 1. The molecule has 0 aliphatic heterocycles. The average Bonchev–Trinajstić information content (AvgIpc) is 2.29. The molecule has 0 saturated carbocycles. The molecule has 0 aliphatic rings. The van der Waals surface area contributed by atoms with Gasteiger partial charge in [0.2, 0.25) is 0 Å². The van der Waals surface area contributed by atoms with Gasteiger partial charge in [0, 0.05) is 5.33 Å². The van der Waals surface area contributed by atoms with Gasteiger partial charge in [-0.15, -0.1) is 0 Å². The SMILES string of the molecule is CC(C)(C)CCCCCCCCCCCCCBr.N. The molecule has 3 N–H and O–H groups in total. The van der Waals surface area contributed by atoms with E-state index in [1.165, 1.54) is 82.4 Å². The van der Waals surface area contributed by atoms with Crippen molar-refractivity contribution in [3.8, 4) is 0 Å². The molecule has 1 nitrogen and oxygen atoms in total. The normalized spacial score (nSPS) is 11.4. The Balaban J connectivity index is 0. The van der Waals surface area contributed by atoms with Gasteiger partial charge in [0.1, 0.15) is 0 Å². The van der Waals surface area contributed by atoms with Gasteiger partial charge in [-0.1, -0.05) is 101 Å². The molecule has 0 radical (unpaired) electrons. The third kappa shape index (κ3) is 20.9. The van der Waals surface area contributed by atoms with Crippen molar-refractivity contribution in [2.45, 2.75) is 97.8 Å². The number of hydrogen-bond acceptors (Lipinski definition) is 1. The molecule has 0 saturated heterocycles. The lowest BCUT2D eigenvalue weighted by Gasteiger charge is -2.17. The monoisotopic (exact) mass is 335 g/mol. The highest BCUT2D eigenvalue weighted by Gasteiger charge is 2.08. The van der Waals surface area contributed by atoms with Gasteiger partial charge in [-0.05, 0) is 18.3 Å². The molecule has 0 unspecified atom stereocenters. The van der Waals surface area contributed by atoms with Crippen LogP contribution in [0.15, 0.2) is 0 Å². The van der Waals surface area contributed by atoms with Crippen LogP contribution in [0.25, 0.3) is 0 Å². The summed E-state index contributed by atoms with van der Waals surface area (Å²) in [5, 5.41) is 1.18. The van der Waals surface area contributed by atoms with Crippen LogP contribution in [0, 0.1) is 5.41 Å². The van der Waals surface area contributed by atoms with Crippen LogP contribution in [-0.2, 0) is 0 Å². The molecule has 0 aromatic carbocycles. The Morgan fingerprint density at radius 3 is 1.21 bits per heavy atom. The molecule has 0 aromatic heterocycles. The van der Waals surface area contributed by atoms with Crippen molar-refractivity contribution in [3.05, 3.63) is 0 Å².